The van der Waals surface area contributed by atoms with E-state index in [4.69, 9.17) is 10.00 Å². The molecular formula is C20H16N6O. The lowest BCUT2D eigenvalue weighted by molar-refractivity contribution is 0.306. The zero-order valence-corrected chi connectivity index (χ0v) is 14.4. The normalized spacial score (nSPS) is 10.5. The van der Waals surface area contributed by atoms with Crippen molar-refractivity contribution in [3.05, 3.63) is 84.1 Å². The van der Waals surface area contributed by atoms with Gasteiger partial charge in [0.2, 0.25) is 0 Å². The fourth-order valence-corrected chi connectivity index (χ4v) is 2.74. The number of hydrogen-bond acceptors (Lipinski definition) is 5. The van der Waals surface area contributed by atoms with Gasteiger partial charge in [0.15, 0.2) is 5.69 Å². The molecule has 0 aliphatic heterocycles. The SMILES string of the molecule is N#Cc1n[nH]nc1-c1cccc(OCc2ccc(Cn3ccnc3)cc2)c1. The van der Waals surface area contributed by atoms with Crippen LogP contribution >= 0.6 is 0 Å². The minimum atomic E-state index is 0.264. The number of aromatic nitrogens is 5. The Bertz CT molecular complexity index is 1060. The Morgan fingerprint density at radius 2 is 1.93 bits per heavy atom. The summed E-state index contributed by atoms with van der Waals surface area (Å²) in [5, 5.41) is 19.4. The van der Waals surface area contributed by atoms with Gasteiger partial charge >= 0.3 is 0 Å². The van der Waals surface area contributed by atoms with Crippen LogP contribution in [0.15, 0.2) is 67.3 Å². The summed E-state index contributed by atoms with van der Waals surface area (Å²) in [4.78, 5) is 4.05. The number of imidazole rings is 1. The van der Waals surface area contributed by atoms with E-state index in [0.717, 1.165) is 17.7 Å². The molecule has 0 spiro atoms. The predicted molar refractivity (Wildman–Crippen MR) is 98.6 cm³/mol. The second kappa shape index (κ2) is 7.54. The quantitative estimate of drug-likeness (QED) is 0.573. The van der Waals surface area contributed by atoms with Crippen LogP contribution in [0.1, 0.15) is 16.8 Å². The number of hydrogen-bond donors (Lipinski definition) is 1. The summed E-state index contributed by atoms with van der Waals surface area (Å²) in [6, 6.07) is 17.8. The third kappa shape index (κ3) is 3.85. The molecule has 27 heavy (non-hydrogen) atoms. The van der Waals surface area contributed by atoms with Crippen LogP contribution in [-0.2, 0) is 13.2 Å². The minimum absolute atomic E-state index is 0.264. The lowest BCUT2D eigenvalue weighted by Gasteiger charge is -2.09. The van der Waals surface area contributed by atoms with Crippen molar-refractivity contribution < 1.29 is 4.74 Å². The third-order valence-corrected chi connectivity index (χ3v) is 4.11. The molecule has 4 rings (SSSR count). The van der Waals surface area contributed by atoms with E-state index >= 15 is 0 Å². The summed E-state index contributed by atoms with van der Waals surface area (Å²) in [7, 11) is 0. The highest BCUT2D eigenvalue weighted by Crippen LogP contribution is 2.24. The first kappa shape index (κ1) is 16.5. The molecular weight excluding hydrogens is 340 g/mol. The summed E-state index contributed by atoms with van der Waals surface area (Å²) in [5.74, 6) is 0.710. The fraction of sp³-hybridized carbons (Fsp3) is 0.100. The van der Waals surface area contributed by atoms with Crippen LogP contribution in [0, 0.1) is 11.3 Å². The van der Waals surface area contributed by atoms with Gasteiger partial charge in [0, 0.05) is 24.5 Å². The van der Waals surface area contributed by atoms with Gasteiger partial charge in [-0.1, -0.05) is 36.4 Å². The van der Waals surface area contributed by atoms with E-state index < -0.39 is 0 Å². The molecule has 132 valence electrons. The molecule has 0 saturated carbocycles. The Balaban J connectivity index is 1.41. The first-order chi connectivity index (χ1) is 13.3. The Morgan fingerprint density at radius 3 is 2.70 bits per heavy atom. The molecule has 0 unspecified atom stereocenters. The number of benzene rings is 2. The van der Waals surface area contributed by atoms with Gasteiger partial charge in [-0.15, -0.1) is 5.10 Å². The topological polar surface area (TPSA) is 92.4 Å². The van der Waals surface area contributed by atoms with E-state index in [2.05, 4.69) is 44.7 Å². The average Bonchev–Trinajstić information content (AvgIpc) is 3.39. The van der Waals surface area contributed by atoms with Gasteiger partial charge in [0.05, 0.1) is 6.33 Å². The molecule has 2 aromatic carbocycles. The first-order valence-corrected chi connectivity index (χ1v) is 8.39. The van der Waals surface area contributed by atoms with Crippen molar-refractivity contribution in [2.24, 2.45) is 0 Å². The maximum Gasteiger partial charge on any atom is 0.190 e. The second-order valence-electron chi connectivity index (χ2n) is 6.00. The van der Waals surface area contributed by atoms with E-state index in [0.29, 0.717) is 18.1 Å². The van der Waals surface area contributed by atoms with Crippen LogP contribution in [0.2, 0.25) is 0 Å². The molecule has 0 amide bonds. The standard InChI is InChI=1S/C20H16N6O/c21-11-19-20(24-25-23-19)17-2-1-3-18(10-17)27-13-16-6-4-15(5-7-16)12-26-9-8-22-14-26/h1-10,14H,12-13H2,(H,23,24,25). The van der Waals surface area contributed by atoms with Crippen LogP contribution in [0.4, 0.5) is 0 Å². The summed E-state index contributed by atoms with van der Waals surface area (Å²) in [6.45, 7) is 1.25. The molecule has 0 saturated heterocycles. The highest BCUT2D eigenvalue weighted by atomic mass is 16.5. The van der Waals surface area contributed by atoms with Gasteiger partial charge in [-0.3, -0.25) is 0 Å². The van der Waals surface area contributed by atoms with Gasteiger partial charge in [0.25, 0.3) is 0 Å². The number of rotatable bonds is 6. The Morgan fingerprint density at radius 1 is 1.07 bits per heavy atom. The lowest BCUT2D eigenvalue weighted by Crippen LogP contribution is -1.98. The molecule has 0 fully saturated rings. The van der Waals surface area contributed by atoms with Gasteiger partial charge in [-0.25, -0.2) is 4.98 Å². The number of H-pyrrole nitrogens is 1. The molecule has 0 bridgehead atoms. The Hall–Kier alpha value is -3.92. The molecule has 0 aliphatic carbocycles. The van der Waals surface area contributed by atoms with Crippen molar-refractivity contribution in [3.8, 4) is 23.1 Å². The van der Waals surface area contributed by atoms with Crippen molar-refractivity contribution in [1.29, 1.82) is 5.26 Å². The summed E-state index contributed by atoms with van der Waals surface area (Å²) in [5.41, 5.74) is 3.85. The Labute approximate surface area is 155 Å². The van der Waals surface area contributed by atoms with Gasteiger partial charge in [-0.05, 0) is 23.3 Å². The van der Waals surface area contributed by atoms with Crippen LogP contribution < -0.4 is 4.74 Å². The molecule has 0 radical (unpaired) electrons. The van der Waals surface area contributed by atoms with E-state index in [9.17, 15) is 0 Å². The van der Waals surface area contributed by atoms with E-state index in [1.165, 1.54) is 5.56 Å². The number of nitrogens with zero attached hydrogens (tertiary/aromatic N) is 5. The lowest BCUT2D eigenvalue weighted by atomic mass is 10.1. The molecule has 2 aromatic heterocycles. The molecule has 0 aliphatic rings. The maximum atomic E-state index is 9.08. The second-order valence-corrected chi connectivity index (χ2v) is 6.00. The van der Waals surface area contributed by atoms with Crippen molar-refractivity contribution in [2.75, 3.05) is 0 Å². The van der Waals surface area contributed by atoms with Crippen LogP contribution in [0.25, 0.3) is 11.3 Å². The predicted octanol–water partition coefficient (Wildman–Crippen LogP) is 3.17. The van der Waals surface area contributed by atoms with Crippen LogP contribution in [-0.4, -0.2) is 25.0 Å². The number of nitrogens with one attached hydrogen (secondary N) is 1. The largest absolute Gasteiger partial charge is 0.489 e. The molecule has 7 heteroatoms. The monoisotopic (exact) mass is 356 g/mol. The summed E-state index contributed by atoms with van der Waals surface area (Å²) in [6.07, 6.45) is 5.52. The molecule has 4 aromatic rings. The molecule has 1 N–H and O–H groups in total. The van der Waals surface area contributed by atoms with Gasteiger partial charge in [-0.2, -0.15) is 15.6 Å². The zero-order chi connectivity index (χ0) is 18.5. The number of nitriles is 1. The third-order valence-electron chi connectivity index (χ3n) is 4.11. The van der Waals surface area contributed by atoms with Crippen LogP contribution in [0.5, 0.6) is 5.75 Å². The molecule has 0 atom stereocenters. The average molecular weight is 356 g/mol. The maximum absolute atomic E-state index is 9.08. The van der Waals surface area contributed by atoms with Gasteiger partial charge in [0.1, 0.15) is 24.1 Å². The van der Waals surface area contributed by atoms with Crippen molar-refractivity contribution in [2.45, 2.75) is 13.2 Å². The number of aromatic amines is 1. The first-order valence-electron chi connectivity index (χ1n) is 8.39. The van der Waals surface area contributed by atoms with Crippen LogP contribution in [0.3, 0.4) is 0 Å². The van der Waals surface area contributed by atoms with Crippen molar-refractivity contribution in [1.82, 2.24) is 25.0 Å². The molecule has 2 heterocycles. The zero-order valence-electron chi connectivity index (χ0n) is 14.4. The minimum Gasteiger partial charge on any atom is -0.489 e. The summed E-state index contributed by atoms with van der Waals surface area (Å²) >= 11 is 0. The van der Waals surface area contributed by atoms with E-state index in [1.54, 1.807) is 12.5 Å². The summed E-state index contributed by atoms with van der Waals surface area (Å²) < 4.78 is 7.92. The highest BCUT2D eigenvalue weighted by Gasteiger charge is 2.10. The molecule has 7 nitrogen and oxygen atoms in total. The van der Waals surface area contributed by atoms with E-state index in [1.807, 2.05) is 41.1 Å². The van der Waals surface area contributed by atoms with Crippen molar-refractivity contribution >= 4 is 0 Å². The van der Waals surface area contributed by atoms with Crippen molar-refractivity contribution in [3.63, 3.8) is 0 Å². The van der Waals surface area contributed by atoms with E-state index in [-0.39, 0.29) is 5.69 Å². The highest BCUT2D eigenvalue weighted by molar-refractivity contribution is 5.65. The van der Waals surface area contributed by atoms with Gasteiger partial charge < -0.3 is 9.30 Å². The number of ether oxygens (including phenoxy) is 1. The Kier molecular flexibility index (Phi) is 4.62. The fourth-order valence-electron chi connectivity index (χ4n) is 2.74. The smallest absolute Gasteiger partial charge is 0.190 e.